The highest BCUT2D eigenvalue weighted by molar-refractivity contribution is 5.57. The molecule has 3 rings (SSSR count). The normalized spacial score (nSPS) is 10.6. The molecule has 2 nitrogen and oxygen atoms in total. The van der Waals surface area contributed by atoms with Crippen LogP contribution in [0.5, 0.6) is 0 Å². The average molecular weight is 263 g/mol. The quantitative estimate of drug-likeness (QED) is 0.678. The van der Waals surface area contributed by atoms with Crippen molar-refractivity contribution < 1.29 is 9.15 Å². The lowest BCUT2D eigenvalue weighted by Crippen LogP contribution is -1.92. The molecule has 0 saturated carbocycles. The van der Waals surface area contributed by atoms with Crippen LogP contribution in [0.3, 0.4) is 0 Å². The van der Waals surface area contributed by atoms with Crippen LogP contribution in [0.15, 0.2) is 71.3 Å². The minimum Gasteiger partial charge on any atom is -0.464 e. The number of furan rings is 1. The average Bonchev–Trinajstić information content (AvgIpc) is 2.98. The first-order valence-electron chi connectivity index (χ1n) is 6.57. The Morgan fingerprint density at radius 3 is 2.45 bits per heavy atom. The first-order valence-corrected chi connectivity index (χ1v) is 6.57. The summed E-state index contributed by atoms with van der Waals surface area (Å²) < 4.78 is 11.2. The van der Waals surface area contributed by atoms with Crippen LogP contribution in [0, 0.1) is 6.07 Å². The molecular formula is C18H15O2. The van der Waals surface area contributed by atoms with Gasteiger partial charge in [0, 0.05) is 11.1 Å². The van der Waals surface area contributed by atoms with Gasteiger partial charge in [-0.15, -0.1) is 0 Å². The fraction of sp³-hybridized carbons (Fsp3) is 0.111. The smallest absolute Gasteiger partial charge is 0.134 e. The Labute approximate surface area is 118 Å². The van der Waals surface area contributed by atoms with Crippen molar-refractivity contribution in [3.8, 4) is 11.3 Å². The van der Waals surface area contributed by atoms with Crippen LogP contribution in [0.25, 0.3) is 11.3 Å². The van der Waals surface area contributed by atoms with E-state index in [-0.39, 0.29) is 0 Å². The minimum atomic E-state index is 0.553. The van der Waals surface area contributed by atoms with E-state index in [1.165, 1.54) is 5.56 Å². The maximum Gasteiger partial charge on any atom is 0.134 e. The molecule has 0 amide bonds. The van der Waals surface area contributed by atoms with E-state index < -0.39 is 0 Å². The zero-order valence-corrected chi connectivity index (χ0v) is 11.1. The van der Waals surface area contributed by atoms with Crippen LogP contribution in [0.2, 0.25) is 0 Å². The molecule has 0 saturated heterocycles. The van der Waals surface area contributed by atoms with Crippen LogP contribution in [-0.4, -0.2) is 0 Å². The summed E-state index contributed by atoms with van der Waals surface area (Å²) >= 11 is 0. The molecule has 1 radical (unpaired) electrons. The summed E-state index contributed by atoms with van der Waals surface area (Å²) in [7, 11) is 0. The summed E-state index contributed by atoms with van der Waals surface area (Å²) in [4.78, 5) is 0. The Hall–Kier alpha value is -2.32. The van der Waals surface area contributed by atoms with Gasteiger partial charge in [0.1, 0.15) is 5.76 Å². The van der Waals surface area contributed by atoms with E-state index in [2.05, 4.69) is 18.2 Å². The van der Waals surface area contributed by atoms with E-state index in [0.29, 0.717) is 13.2 Å². The Morgan fingerprint density at radius 1 is 0.900 bits per heavy atom. The summed E-state index contributed by atoms with van der Waals surface area (Å²) in [6.45, 7) is 1.17. The van der Waals surface area contributed by atoms with Gasteiger partial charge in [0.15, 0.2) is 0 Å². The highest BCUT2D eigenvalue weighted by Gasteiger charge is 2.04. The Balaban J connectivity index is 1.58. The van der Waals surface area contributed by atoms with Gasteiger partial charge < -0.3 is 9.15 Å². The molecule has 0 N–H and O–H groups in total. The SMILES string of the molecule is [c]1ccc(-c2cc(COCc3ccccc3)co2)cc1. The van der Waals surface area contributed by atoms with Crippen LogP contribution < -0.4 is 0 Å². The summed E-state index contributed by atoms with van der Waals surface area (Å²) in [6, 6.07) is 22.9. The van der Waals surface area contributed by atoms with Crippen LogP contribution in [0.4, 0.5) is 0 Å². The number of hydrogen-bond donors (Lipinski definition) is 0. The van der Waals surface area contributed by atoms with Gasteiger partial charge >= 0.3 is 0 Å². The Morgan fingerprint density at radius 2 is 1.65 bits per heavy atom. The Kier molecular flexibility index (Phi) is 3.95. The van der Waals surface area contributed by atoms with E-state index in [9.17, 15) is 0 Å². The van der Waals surface area contributed by atoms with Gasteiger partial charge in [0.2, 0.25) is 0 Å². The van der Waals surface area contributed by atoms with Crippen molar-refractivity contribution in [3.05, 3.63) is 84.1 Å². The molecular weight excluding hydrogens is 248 g/mol. The van der Waals surface area contributed by atoms with Gasteiger partial charge in [0.05, 0.1) is 19.5 Å². The lowest BCUT2D eigenvalue weighted by molar-refractivity contribution is 0.107. The number of benzene rings is 2. The summed E-state index contributed by atoms with van der Waals surface area (Å²) in [5.41, 5.74) is 3.27. The molecule has 3 aromatic rings. The molecule has 0 unspecified atom stereocenters. The lowest BCUT2D eigenvalue weighted by Gasteiger charge is -2.01. The topological polar surface area (TPSA) is 22.4 Å². The molecule has 2 heteroatoms. The highest BCUT2D eigenvalue weighted by atomic mass is 16.5. The van der Waals surface area contributed by atoms with Gasteiger partial charge in [-0.05, 0) is 17.7 Å². The van der Waals surface area contributed by atoms with Crippen molar-refractivity contribution in [1.29, 1.82) is 0 Å². The van der Waals surface area contributed by atoms with Crippen molar-refractivity contribution in [2.45, 2.75) is 13.2 Å². The number of rotatable bonds is 5. The zero-order chi connectivity index (χ0) is 13.6. The molecule has 0 fully saturated rings. The lowest BCUT2D eigenvalue weighted by atomic mass is 10.1. The maximum atomic E-state index is 5.69. The van der Waals surface area contributed by atoms with E-state index in [0.717, 1.165) is 16.9 Å². The molecule has 20 heavy (non-hydrogen) atoms. The molecule has 0 aliphatic carbocycles. The van der Waals surface area contributed by atoms with Crippen LogP contribution in [-0.2, 0) is 18.0 Å². The standard InChI is InChI=1S/C18H15O2/c1-3-7-15(8-4-1)12-19-13-16-11-18(20-14-16)17-9-5-2-6-10-17/h1,3-11,14H,12-13H2. The number of ether oxygens (including phenoxy) is 1. The van der Waals surface area contributed by atoms with E-state index in [4.69, 9.17) is 9.15 Å². The summed E-state index contributed by atoms with van der Waals surface area (Å²) in [5, 5.41) is 0. The molecule has 0 atom stereocenters. The third-order valence-corrected chi connectivity index (χ3v) is 3.04. The fourth-order valence-electron chi connectivity index (χ4n) is 2.01. The van der Waals surface area contributed by atoms with Gasteiger partial charge in [-0.1, -0.05) is 54.6 Å². The molecule has 2 aromatic carbocycles. The third-order valence-electron chi connectivity index (χ3n) is 3.04. The number of hydrogen-bond acceptors (Lipinski definition) is 2. The molecule has 0 aliphatic heterocycles. The first kappa shape index (κ1) is 12.7. The van der Waals surface area contributed by atoms with Crippen molar-refractivity contribution in [3.63, 3.8) is 0 Å². The molecule has 1 aromatic heterocycles. The van der Waals surface area contributed by atoms with Crippen LogP contribution >= 0.6 is 0 Å². The monoisotopic (exact) mass is 263 g/mol. The second kappa shape index (κ2) is 6.22. The largest absolute Gasteiger partial charge is 0.464 e. The van der Waals surface area contributed by atoms with Gasteiger partial charge in [-0.2, -0.15) is 0 Å². The fourth-order valence-corrected chi connectivity index (χ4v) is 2.01. The minimum absolute atomic E-state index is 0.553. The molecule has 0 aliphatic rings. The maximum absolute atomic E-state index is 5.69. The predicted molar refractivity (Wildman–Crippen MR) is 77.9 cm³/mol. The predicted octanol–water partition coefficient (Wildman–Crippen LogP) is 4.46. The zero-order valence-electron chi connectivity index (χ0n) is 11.1. The molecule has 0 spiro atoms. The Bertz CT molecular complexity index is 641. The van der Waals surface area contributed by atoms with E-state index in [1.807, 2.05) is 48.5 Å². The third kappa shape index (κ3) is 3.16. The second-order valence-corrected chi connectivity index (χ2v) is 4.59. The van der Waals surface area contributed by atoms with Crippen molar-refractivity contribution in [2.24, 2.45) is 0 Å². The first-order chi connectivity index (χ1) is 9.92. The highest BCUT2D eigenvalue weighted by Crippen LogP contribution is 2.22. The second-order valence-electron chi connectivity index (χ2n) is 4.59. The molecule has 1 heterocycles. The van der Waals surface area contributed by atoms with Gasteiger partial charge in [-0.3, -0.25) is 0 Å². The van der Waals surface area contributed by atoms with Crippen LogP contribution in [0.1, 0.15) is 11.1 Å². The summed E-state index contributed by atoms with van der Waals surface area (Å²) in [5.74, 6) is 0.859. The van der Waals surface area contributed by atoms with Gasteiger partial charge in [0.25, 0.3) is 0 Å². The van der Waals surface area contributed by atoms with Crippen molar-refractivity contribution >= 4 is 0 Å². The van der Waals surface area contributed by atoms with Gasteiger partial charge in [-0.25, -0.2) is 0 Å². The molecule has 99 valence electrons. The van der Waals surface area contributed by atoms with Crippen molar-refractivity contribution in [2.75, 3.05) is 0 Å². The van der Waals surface area contributed by atoms with E-state index in [1.54, 1.807) is 6.26 Å². The summed E-state index contributed by atoms with van der Waals surface area (Å²) in [6.07, 6.45) is 1.75. The molecule has 0 bridgehead atoms. The van der Waals surface area contributed by atoms with Crippen molar-refractivity contribution in [1.82, 2.24) is 0 Å². The van der Waals surface area contributed by atoms with E-state index >= 15 is 0 Å².